The average Bonchev–Trinajstić information content (AvgIpc) is 1.87. The van der Waals surface area contributed by atoms with E-state index in [9.17, 15) is 4.79 Å². The highest BCUT2D eigenvalue weighted by atomic mass is 35.5. The van der Waals surface area contributed by atoms with E-state index >= 15 is 0 Å². The van der Waals surface area contributed by atoms with Crippen molar-refractivity contribution in [3.63, 3.8) is 0 Å². The van der Waals surface area contributed by atoms with Gasteiger partial charge in [0.15, 0.2) is 0 Å². The Morgan fingerprint density at radius 1 is 1.36 bits per heavy atom. The molecule has 0 aromatic carbocycles. The molecule has 0 aromatic heterocycles. The smallest absolute Gasteiger partial charge is 0.247 e. The summed E-state index contributed by atoms with van der Waals surface area (Å²) >= 11 is 0. The van der Waals surface area contributed by atoms with Gasteiger partial charge in [0.2, 0.25) is 5.91 Å². The summed E-state index contributed by atoms with van der Waals surface area (Å²) in [6, 6.07) is 0. The van der Waals surface area contributed by atoms with Crippen molar-refractivity contribution < 1.29 is 4.79 Å². The normalized spacial score (nSPS) is 8.00. The van der Waals surface area contributed by atoms with Gasteiger partial charge in [-0.1, -0.05) is 5.57 Å². The van der Waals surface area contributed by atoms with E-state index in [1.807, 2.05) is 13.8 Å². The summed E-state index contributed by atoms with van der Waals surface area (Å²) in [7, 11) is 0. The Hall–Kier alpha value is -0.540. The summed E-state index contributed by atoms with van der Waals surface area (Å²) in [5, 5.41) is 2.51. The molecular formula is C7H15ClN2O. The van der Waals surface area contributed by atoms with E-state index in [0.29, 0.717) is 0 Å². The monoisotopic (exact) mass is 178 g/mol. The molecule has 0 aliphatic rings. The largest absolute Gasteiger partial charge is 0.340 e. The van der Waals surface area contributed by atoms with E-state index in [-0.39, 0.29) is 25.0 Å². The minimum Gasteiger partial charge on any atom is -0.340 e. The lowest BCUT2D eigenvalue weighted by Gasteiger charge is -2.02. The molecule has 0 radical (unpaired) electrons. The van der Waals surface area contributed by atoms with Crippen molar-refractivity contribution in [3.8, 4) is 0 Å². The molecule has 11 heavy (non-hydrogen) atoms. The maximum Gasteiger partial charge on any atom is 0.247 e. The Labute approximate surface area is 73.4 Å². The van der Waals surface area contributed by atoms with Gasteiger partial charge >= 0.3 is 0 Å². The second-order valence-electron chi connectivity index (χ2n) is 2.34. The number of nitrogens with two attached hydrogens (primary N) is 1. The van der Waals surface area contributed by atoms with Crippen LogP contribution in [0.15, 0.2) is 11.1 Å². The molecule has 4 heteroatoms. The van der Waals surface area contributed by atoms with Crippen molar-refractivity contribution in [1.29, 1.82) is 0 Å². The van der Waals surface area contributed by atoms with Crippen LogP contribution in [0.3, 0.4) is 0 Å². The van der Waals surface area contributed by atoms with Crippen LogP contribution in [0.1, 0.15) is 20.8 Å². The van der Waals surface area contributed by atoms with Gasteiger partial charge < -0.3 is 11.1 Å². The van der Waals surface area contributed by atoms with Crippen LogP contribution in [0.25, 0.3) is 0 Å². The fraction of sp³-hybridized carbons (Fsp3) is 0.571. The van der Waals surface area contributed by atoms with Crippen LogP contribution < -0.4 is 11.1 Å². The van der Waals surface area contributed by atoms with Gasteiger partial charge in [-0.05, 0) is 20.8 Å². The first-order valence-corrected chi connectivity index (χ1v) is 3.22. The molecule has 0 aromatic rings. The van der Waals surface area contributed by atoms with Gasteiger partial charge in [0, 0.05) is 5.57 Å². The summed E-state index contributed by atoms with van der Waals surface area (Å²) in [5.74, 6) is -0.0810. The van der Waals surface area contributed by atoms with Crippen molar-refractivity contribution in [1.82, 2.24) is 5.32 Å². The first-order chi connectivity index (χ1) is 4.59. The highest BCUT2D eigenvalue weighted by Gasteiger charge is 2.01. The number of nitrogens with one attached hydrogen (secondary N) is 1. The first kappa shape index (κ1) is 13.1. The van der Waals surface area contributed by atoms with Crippen LogP contribution >= 0.6 is 12.4 Å². The van der Waals surface area contributed by atoms with Gasteiger partial charge in [0.05, 0.1) is 6.67 Å². The Balaban J connectivity index is 0. The standard InChI is InChI=1S/C7H14N2O.ClH/c1-5(2)6(3)7(10)9-4-8;/h4,8H2,1-3H3,(H,9,10);1H. The van der Waals surface area contributed by atoms with Crippen molar-refractivity contribution in [2.75, 3.05) is 6.67 Å². The zero-order valence-electron chi connectivity index (χ0n) is 7.10. The third-order valence-corrected chi connectivity index (χ3v) is 1.35. The second-order valence-corrected chi connectivity index (χ2v) is 2.34. The third kappa shape index (κ3) is 4.81. The molecule has 0 atom stereocenters. The Bertz CT molecular complexity index is 162. The minimum absolute atomic E-state index is 0. The van der Waals surface area contributed by atoms with E-state index in [0.717, 1.165) is 11.1 Å². The molecule has 0 unspecified atom stereocenters. The van der Waals surface area contributed by atoms with Gasteiger partial charge in [-0.3, -0.25) is 4.79 Å². The van der Waals surface area contributed by atoms with E-state index in [1.54, 1.807) is 6.92 Å². The molecule has 1 amide bonds. The molecule has 0 rings (SSSR count). The fourth-order valence-electron chi connectivity index (χ4n) is 0.452. The average molecular weight is 179 g/mol. The summed E-state index contributed by atoms with van der Waals surface area (Å²) in [6.07, 6.45) is 0. The Morgan fingerprint density at radius 2 is 1.82 bits per heavy atom. The van der Waals surface area contributed by atoms with Crippen LogP contribution in [-0.4, -0.2) is 12.6 Å². The minimum atomic E-state index is -0.0810. The van der Waals surface area contributed by atoms with E-state index in [2.05, 4.69) is 5.32 Å². The summed E-state index contributed by atoms with van der Waals surface area (Å²) in [6.45, 7) is 5.76. The number of carbonyl (C=O) groups is 1. The van der Waals surface area contributed by atoms with Gasteiger partial charge in [0.25, 0.3) is 0 Å². The van der Waals surface area contributed by atoms with Gasteiger partial charge in [-0.25, -0.2) is 0 Å². The molecule has 0 bridgehead atoms. The highest BCUT2D eigenvalue weighted by Crippen LogP contribution is 2.00. The van der Waals surface area contributed by atoms with Crippen LogP contribution in [0, 0.1) is 0 Å². The molecular weight excluding hydrogens is 164 g/mol. The first-order valence-electron chi connectivity index (χ1n) is 3.22. The van der Waals surface area contributed by atoms with E-state index < -0.39 is 0 Å². The van der Waals surface area contributed by atoms with Crippen molar-refractivity contribution >= 4 is 18.3 Å². The SMILES string of the molecule is CC(C)=C(C)C(=O)NCN.Cl. The highest BCUT2D eigenvalue weighted by molar-refractivity contribution is 5.93. The maximum atomic E-state index is 10.9. The van der Waals surface area contributed by atoms with Crippen LogP contribution in [0.5, 0.6) is 0 Å². The van der Waals surface area contributed by atoms with Gasteiger partial charge in [-0.15, -0.1) is 12.4 Å². The number of halogens is 1. The Kier molecular flexibility index (Phi) is 7.36. The lowest BCUT2D eigenvalue weighted by molar-refractivity contribution is -0.117. The number of rotatable bonds is 2. The lowest BCUT2D eigenvalue weighted by Crippen LogP contribution is -2.30. The zero-order chi connectivity index (χ0) is 8.15. The fourth-order valence-corrected chi connectivity index (χ4v) is 0.452. The zero-order valence-corrected chi connectivity index (χ0v) is 7.92. The molecule has 0 aliphatic heterocycles. The van der Waals surface area contributed by atoms with Gasteiger partial charge in [0.1, 0.15) is 0 Å². The second kappa shape index (κ2) is 6.19. The molecule has 0 aliphatic carbocycles. The topological polar surface area (TPSA) is 55.1 Å². The summed E-state index contributed by atoms with van der Waals surface area (Å²) < 4.78 is 0. The third-order valence-electron chi connectivity index (χ3n) is 1.35. The van der Waals surface area contributed by atoms with Crippen LogP contribution in [0.4, 0.5) is 0 Å². The number of carbonyl (C=O) groups excluding carboxylic acids is 1. The molecule has 0 spiro atoms. The lowest BCUT2D eigenvalue weighted by atomic mass is 10.2. The molecule has 0 fully saturated rings. The van der Waals surface area contributed by atoms with Crippen molar-refractivity contribution in [2.45, 2.75) is 20.8 Å². The number of hydrogen-bond donors (Lipinski definition) is 2. The number of amides is 1. The molecule has 3 N–H and O–H groups in total. The molecule has 0 heterocycles. The van der Waals surface area contributed by atoms with Gasteiger partial charge in [-0.2, -0.15) is 0 Å². The number of hydrogen-bond acceptors (Lipinski definition) is 2. The van der Waals surface area contributed by atoms with Crippen LogP contribution in [0.2, 0.25) is 0 Å². The van der Waals surface area contributed by atoms with Crippen molar-refractivity contribution in [3.05, 3.63) is 11.1 Å². The van der Waals surface area contributed by atoms with Crippen LogP contribution in [-0.2, 0) is 4.79 Å². The van der Waals surface area contributed by atoms with Crippen molar-refractivity contribution in [2.24, 2.45) is 5.73 Å². The summed E-state index contributed by atoms with van der Waals surface area (Å²) in [4.78, 5) is 10.9. The van der Waals surface area contributed by atoms with E-state index in [4.69, 9.17) is 5.73 Å². The predicted octanol–water partition coefficient (Wildman–Crippen LogP) is 0.797. The maximum absolute atomic E-state index is 10.9. The number of allylic oxidation sites excluding steroid dienone is 1. The molecule has 66 valence electrons. The molecule has 3 nitrogen and oxygen atoms in total. The molecule has 0 saturated heterocycles. The molecule has 0 saturated carbocycles. The predicted molar refractivity (Wildman–Crippen MR) is 48.5 cm³/mol. The van der Waals surface area contributed by atoms with E-state index in [1.165, 1.54) is 0 Å². The quantitative estimate of drug-likeness (QED) is 0.486. The Morgan fingerprint density at radius 3 is 2.09 bits per heavy atom. The summed E-state index contributed by atoms with van der Waals surface area (Å²) in [5.41, 5.74) is 6.87.